The van der Waals surface area contributed by atoms with Crippen LogP contribution in [-0.4, -0.2) is 44.3 Å². The maximum atomic E-state index is 12.6. The third-order valence-corrected chi connectivity index (χ3v) is 7.54. The van der Waals surface area contributed by atoms with Crippen LogP contribution in [0.3, 0.4) is 0 Å². The zero-order valence-electron chi connectivity index (χ0n) is 15.3. The fraction of sp³-hybridized carbons (Fsp3) is 0.700. The zero-order valence-corrected chi connectivity index (χ0v) is 16.1. The van der Waals surface area contributed by atoms with Crippen LogP contribution in [0.15, 0.2) is 24.3 Å². The zero-order chi connectivity index (χ0) is 17.7. The van der Waals surface area contributed by atoms with E-state index in [0.29, 0.717) is 25.6 Å². The fourth-order valence-corrected chi connectivity index (χ4v) is 5.59. The fourth-order valence-electron chi connectivity index (χ4n) is 3.88. The van der Waals surface area contributed by atoms with Crippen molar-refractivity contribution in [1.29, 1.82) is 0 Å². The van der Waals surface area contributed by atoms with Crippen LogP contribution in [0.25, 0.3) is 0 Å². The van der Waals surface area contributed by atoms with Crippen LogP contribution in [0.2, 0.25) is 0 Å². The predicted molar refractivity (Wildman–Crippen MR) is 101 cm³/mol. The maximum Gasteiger partial charge on any atom is 0.216 e. The Morgan fingerprint density at radius 1 is 1.08 bits per heavy atom. The quantitative estimate of drug-likeness (QED) is 0.775. The molecule has 1 atom stereocenters. The SMILES string of the molecule is Cc1ccc(CCC2CCN(S(=O)(=O)CC3CCCCO3)CC2)cc1. The van der Waals surface area contributed by atoms with Gasteiger partial charge in [-0.15, -0.1) is 0 Å². The summed E-state index contributed by atoms with van der Waals surface area (Å²) in [7, 11) is -3.17. The molecule has 4 nitrogen and oxygen atoms in total. The number of aryl methyl sites for hydroxylation is 2. The number of piperidine rings is 1. The van der Waals surface area contributed by atoms with Gasteiger partial charge in [-0.1, -0.05) is 29.8 Å². The van der Waals surface area contributed by atoms with Gasteiger partial charge < -0.3 is 4.74 Å². The largest absolute Gasteiger partial charge is 0.377 e. The summed E-state index contributed by atoms with van der Waals surface area (Å²) < 4.78 is 32.6. The molecule has 1 aromatic carbocycles. The van der Waals surface area contributed by atoms with Gasteiger partial charge in [-0.2, -0.15) is 0 Å². The lowest BCUT2D eigenvalue weighted by Crippen LogP contribution is -2.42. The van der Waals surface area contributed by atoms with Crippen molar-refractivity contribution < 1.29 is 13.2 Å². The van der Waals surface area contributed by atoms with Crippen molar-refractivity contribution in [2.75, 3.05) is 25.4 Å². The Bertz CT molecular complexity index is 627. The van der Waals surface area contributed by atoms with Gasteiger partial charge in [-0.05, 0) is 63.4 Å². The van der Waals surface area contributed by atoms with Crippen LogP contribution >= 0.6 is 0 Å². The molecule has 0 aromatic heterocycles. The van der Waals surface area contributed by atoms with E-state index in [9.17, 15) is 8.42 Å². The van der Waals surface area contributed by atoms with Crippen molar-refractivity contribution in [3.8, 4) is 0 Å². The van der Waals surface area contributed by atoms with Crippen molar-refractivity contribution in [2.45, 2.75) is 58.0 Å². The molecule has 0 amide bonds. The Hall–Kier alpha value is -0.910. The molecule has 5 heteroatoms. The lowest BCUT2D eigenvalue weighted by atomic mass is 9.91. The molecule has 0 saturated carbocycles. The average molecular weight is 366 g/mol. The number of benzene rings is 1. The lowest BCUT2D eigenvalue weighted by molar-refractivity contribution is 0.0297. The molecule has 3 rings (SSSR count). The number of sulfonamides is 1. The van der Waals surface area contributed by atoms with Gasteiger partial charge in [-0.3, -0.25) is 0 Å². The molecule has 2 aliphatic heterocycles. The summed E-state index contributed by atoms with van der Waals surface area (Å²) in [5.74, 6) is 0.805. The number of nitrogens with zero attached hydrogens (tertiary/aromatic N) is 1. The minimum Gasteiger partial charge on any atom is -0.377 e. The van der Waals surface area contributed by atoms with Crippen molar-refractivity contribution in [3.63, 3.8) is 0 Å². The summed E-state index contributed by atoms with van der Waals surface area (Å²) in [6, 6.07) is 8.74. The minimum atomic E-state index is -3.17. The molecule has 140 valence electrons. The molecule has 2 fully saturated rings. The van der Waals surface area contributed by atoms with E-state index < -0.39 is 10.0 Å². The van der Waals surface area contributed by atoms with E-state index in [1.807, 2.05) is 0 Å². The second-order valence-corrected chi connectivity index (χ2v) is 9.65. The second-order valence-electron chi connectivity index (χ2n) is 7.63. The number of rotatable bonds is 6. The molecule has 2 saturated heterocycles. The van der Waals surface area contributed by atoms with E-state index in [1.54, 1.807) is 4.31 Å². The molecule has 2 aliphatic rings. The maximum absolute atomic E-state index is 12.6. The predicted octanol–water partition coefficient (Wildman–Crippen LogP) is 3.54. The molecule has 25 heavy (non-hydrogen) atoms. The van der Waals surface area contributed by atoms with E-state index in [1.165, 1.54) is 11.1 Å². The summed E-state index contributed by atoms with van der Waals surface area (Å²) in [6.07, 6.45) is 7.14. The Morgan fingerprint density at radius 3 is 2.44 bits per heavy atom. The van der Waals surface area contributed by atoms with Crippen molar-refractivity contribution in [3.05, 3.63) is 35.4 Å². The third-order valence-electron chi connectivity index (χ3n) is 5.60. The molecule has 0 spiro atoms. The molecule has 0 radical (unpaired) electrons. The normalized spacial score (nSPS) is 23.6. The highest BCUT2D eigenvalue weighted by Gasteiger charge is 2.31. The summed E-state index contributed by atoms with van der Waals surface area (Å²) in [4.78, 5) is 0. The Balaban J connectivity index is 1.43. The van der Waals surface area contributed by atoms with E-state index in [2.05, 4.69) is 31.2 Å². The number of hydrogen-bond acceptors (Lipinski definition) is 3. The van der Waals surface area contributed by atoms with Gasteiger partial charge in [0.2, 0.25) is 10.0 Å². The van der Waals surface area contributed by atoms with Crippen LogP contribution in [-0.2, 0) is 21.2 Å². The Kier molecular flexibility index (Phi) is 6.53. The number of ether oxygens (including phenoxy) is 1. The second kappa shape index (κ2) is 8.65. The lowest BCUT2D eigenvalue weighted by Gasteiger charge is -2.33. The van der Waals surface area contributed by atoms with Gasteiger partial charge in [0, 0.05) is 19.7 Å². The average Bonchev–Trinajstić information content (AvgIpc) is 2.62. The van der Waals surface area contributed by atoms with Crippen LogP contribution in [0, 0.1) is 12.8 Å². The topological polar surface area (TPSA) is 46.6 Å². The smallest absolute Gasteiger partial charge is 0.216 e. The van der Waals surface area contributed by atoms with E-state index >= 15 is 0 Å². The van der Waals surface area contributed by atoms with E-state index in [4.69, 9.17) is 4.74 Å². The number of hydrogen-bond donors (Lipinski definition) is 0. The van der Waals surface area contributed by atoms with Crippen molar-refractivity contribution in [1.82, 2.24) is 4.31 Å². The molecule has 0 N–H and O–H groups in total. The Labute approximate surface area is 152 Å². The highest BCUT2D eigenvalue weighted by atomic mass is 32.2. The minimum absolute atomic E-state index is 0.0991. The van der Waals surface area contributed by atoms with Crippen molar-refractivity contribution >= 4 is 10.0 Å². The van der Waals surface area contributed by atoms with Gasteiger partial charge in [0.15, 0.2) is 0 Å². The molecule has 1 aromatic rings. The molecule has 0 aliphatic carbocycles. The van der Waals surface area contributed by atoms with E-state index in [0.717, 1.165) is 44.9 Å². The Morgan fingerprint density at radius 2 is 1.80 bits per heavy atom. The van der Waals surface area contributed by atoms with Gasteiger partial charge in [0.1, 0.15) is 0 Å². The molecular weight excluding hydrogens is 334 g/mol. The molecule has 0 bridgehead atoms. The van der Waals surface area contributed by atoms with Gasteiger partial charge in [0.25, 0.3) is 0 Å². The van der Waals surface area contributed by atoms with Crippen LogP contribution in [0.4, 0.5) is 0 Å². The van der Waals surface area contributed by atoms with Crippen molar-refractivity contribution in [2.24, 2.45) is 5.92 Å². The van der Waals surface area contributed by atoms with Crippen LogP contribution < -0.4 is 0 Å². The van der Waals surface area contributed by atoms with Crippen LogP contribution in [0.1, 0.15) is 49.7 Å². The first-order valence-electron chi connectivity index (χ1n) is 9.68. The third kappa shape index (κ3) is 5.53. The highest BCUT2D eigenvalue weighted by molar-refractivity contribution is 7.89. The highest BCUT2D eigenvalue weighted by Crippen LogP contribution is 2.25. The first-order valence-corrected chi connectivity index (χ1v) is 11.3. The summed E-state index contributed by atoms with van der Waals surface area (Å²) in [5.41, 5.74) is 2.68. The first kappa shape index (κ1) is 18.9. The van der Waals surface area contributed by atoms with E-state index in [-0.39, 0.29) is 11.9 Å². The molecule has 1 unspecified atom stereocenters. The standard InChI is InChI=1S/C20H31NO3S/c1-17-5-7-18(8-6-17)9-10-19-11-13-21(14-12-19)25(22,23)16-20-4-2-3-15-24-20/h5-8,19-20H,2-4,9-16H2,1H3. The first-order chi connectivity index (χ1) is 12.0. The van der Waals surface area contributed by atoms with Crippen LogP contribution in [0.5, 0.6) is 0 Å². The summed E-state index contributed by atoms with van der Waals surface area (Å²) in [6.45, 7) is 4.17. The van der Waals surface area contributed by atoms with Gasteiger partial charge in [0.05, 0.1) is 11.9 Å². The van der Waals surface area contributed by atoms with Gasteiger partial charge in [-0.25, -0.2) is 12.7 Å². The van der Waals surface area contributed by atoms with Gasteiger partial charge >= 0.3 is 0 Å². The molecular formula is C20H31NO3S. The summed E-state index contributed by atoms with van der Waals surface area (Å²) in [5, 5.41) is 0. The summed E-state index contributed by atoms with van der Waals surface area (Å²) >= 11 is 0. The molecule has 2 heterocycles. The monoisotopic (exact) mass is 365 g/mol.